The van der Waals surface area contributed by atoms with Gasteiger partial charge in [0.25, 0.3) is 5.91 Å². The van der Waals surface area contributed by atoms with Crippen molar-refractivity contribution < 1.29 is 19.1 Å². The van der Waals surface area contributed by atoms with E-state index in [1.54, 1.807) is 62.0 Å². The Bertz CT molecular complexity index is 1070. The number of nitrogens with one attached hydrogen (secondary N) is 3. The number of para-hydroxylation sites is 2. The zero-order chi connectivity index (χ0) is 22.1. The number of rotatable bonds is 7. The maximum absolute atomic E-state index is 12.7. The fourth-order valence-corrected chi connectivity index (χ4v) is 2.85. The highest BCUT2D eigenvalue weighted by atomic mass is 16.5. The second kappa shape index (κ2) is 10.5. The van der Waals surface area contributed by atoms with Crippen LogP contribution >= 0.6 is 0 Å². The van der Waals surface area contributed by atoms with E-state index in [4.69, 9.17) is 4.74 Å². The highest BCUT2D eigenvalue weighted by Crippen LogP contribution is 2.18. The highest BCUT2D eigenvalue weighted by Gasteiger charge is 2.18. The van der Waals surface area contributed by atoms with Gasteiger partial charge in [0.2, 0.25) is 0 Å². The maximum atomic E-state index is 12.7. The second-order valence-electron chi connectivity index (χ2n) is 6.54. The van der Waals surface area contributed by atoms with E-state index in [1.807, 2.05) is 18.2 Å². The Labute approximate surface area is 179 Å². The number of carbonyl (C=O) groups is 3. The van der Waals surface area contributed by atoms with Crippen molar-refractivity contribution >= 4 is 23.4 Å². The number of benzene rings is 2. The predicted octanol–water partition coefficient (Wildman–Crippen LogP) is 2.28. The van der Waals surface area contributed by atoms with Crippen LogP contribution in [0.1, 0.15) is 21.5 Å². The summed E-state index contributed by atoms with van der Waals surface area (Å²) in [4.78, 5) is 41.1. The fourth-order valence-electron chi connectivity index (χ4n) is 2.85. The summed E-state index contributed by atoms with van der Waals surface area (Å²) in [6.45, 7) is 0.415. The molecule has 0 saturated carbocycles. The summed E-state index contributed by atoms with van der Waals surface area (Å²) in [5, 5.41) is 7.82. The molecule has 0 aliphatic rings. The van der Waals surface area contributed by atoms with Gasteiger partial charge >= 0.3 is 11.8 Å². The van der Waals surface area contributed by atoms with E-state index in [-0.39, 0.29) is 24.3 Å². The van der Waals surface area contributed by atoms with Gasteiger partial charge in [-0.15, -0.1) is 0 Å². The zero-order valence-corrected chi connectivity index (χ0v) is 16.9. The lowest BCUT2D eigenvalue weighted by molar-refractivity contribution is -0.136. The molecule has 0 saturated heterocycles. The van der Waals surface area contributed by atoms with Crippen LogP contribution in [0, 0.1) is 0 Å². The number of nitrogens with zero attached hydrogens (tertiary/aromatic N) is 1. The normalized spacial score (nSPS) is 10.1. The number of aromatic nitrogens is 1. The Kier molecular flexibility index (Phi) is 7.31. The number of carbonyl (C=O) groups excluding carboxylic acids is 3. The molecular formula is C23H22N4O4. The van der Waals surface area contributed by atoms with Gasteiger partial charge in [0, 0.05) is 31.0 Å². The van der Waals surface area contributed by atoms with Gasteiger partial charge in [-0.1, -0.05) is 36.4 Å². The van der Waals surface area contributed by atoms with Crippen molar-refractivity contribution in [2.24, 2.45) is 0 Å². The smallest absolute Gasteiger partial charge is 0.313 e. The number of amides is 3. The van der Waals surface area contributed by atoms with Gasteiger partial charge in [0.1, 0.15) is 5.75 Å². The third-order valence-corrected chi connectivity index (χ3v) is 4.43. The molecule has 1 aromatic heterocycles. The van der Waals surface area contributed by atoms with Gasteiger partial charge in [-0.05, 0) is 29.8 Å². The van der Waals surface area contributed by atoms with Crippen molar-refractivity contribution in [1.29, 1.82) is 0 Å². The summed E-state index contributed by atoms with van der Waals surface area (Å²) in [6, 6.07) is 17.3. The molecule has 0 aliphatic carbocycles. The van der Waals surface area contributed by atoms with Crippen molar-refractivity contribution in [3.05, 3.63) is 89.7 Å². The van der Waals surface area contributed by atoms with Gasteiger partial charge in [-0.2, -0.15) is 0 Å². The number of methoxy groups -OCH3 is 1. The third kappa shape index (κ3) is 5.89. The summed E-state index contributed by atoms with van der Waals surface area (Å²) in [5.74, 6) is -1.41. The molecule has 3 amide bonds. The van der Waals surface area contributed by atoms with E-state index < -0.39 is 17.7 Å². The summed E-state index contributed by atoms with van der Waals surface area (Å²) in [5.41, 5.74) is 2.06. The van der Waals surface area contributed by atoms with Gasteiger partial charge in [-0.25, -0.2) is 0 Å². The first-order chi connectivity index (χ1) is 15.1. The standard InChI is InChI=1S/C23H22N4O4/c1-31-20-11-5-2-8-17(20)15-26-21(28)18-9-3-4-10-19(18)27-23(30)22(29)25-14-16-7-6-12-24-13-16/h2-13H,14-15H2,1H3,(H,25,29)(H,26,28)(H,27,30). The van der Waals surface area contributed by atoms with Crippen LogP contribution in [0.15, 0.2) is 73.1 Å². The van der Waals surface area contributed by atoms with Crippen molar-refractivity contribution in [2.75, 3.05) is 12.4 Å². The summed E-state index contributed by atoms with van der Waals surface area (Å²) >= 11 is 0. The van der Waals surface area contributed by atoms with Gasteiger partial charge in [-0.3, -0.25) is 19.4 Å². The van der Waals surface area contributed by atoms with E-state index in [0.29, 0.717) is 5.75 Å². The first-order valence-corrected chi connectivity index (χ1v) is 9.55. The van der Waals surface area contributed by atoms with Gasteiger partial charge < -0.3 is 20.7 Å². The minimum Gasteiger partial charge on any atom is -0.496 e. The average Bonchev–Trinajstić information content (AvgIpc) is 2.82. The molecule has 0 spiro atoms. The molecule has 3 aromatic rings. The largest absolute Gasteiger partial charge is 0.496 e. The lowest BCUT2D eigenvalue weighted by atomic mass is 10.1. The van der Waals surface area contributed by atoms with E-state index >= 15 is 0 Å². The SMILES string of the molecule is COc1ccccc1CNC(=O)c1ccccc1NC(=O)C(=O)NCc1cccnc1. The quantitative estimate of drug-likeness (QED) is 0.510. The van der Waals surface area contributed by atoms with E-state index in [2.05, 4.69) is 20.9 Å². The monoisotopic (exact) mass is 418 g/mol. The van der Waals surface area contributed by atoms with E-state index in [1.165, 1.54) is 0 Å². The van der Waals surface area contributed by atoms with Crippen LogP contribution in [0.5, 0.6) is 5.75 Å². The fraction of sp³-hybridized carbons (Fsp3) is 0.130. The summed E-state index contributed by atoms with van der Waals surface area (Å²) in [6.07, 6.45) is 3.22. The average molecular weight is 418 g/mol. The molecule has 0 unspecified atom stereocenters. The number of hydrogen-bond donors (Lipinski definition) is 3. The Hall–Kier alpha value is -4.20. The molecule has 0 bridgehead atoms. The zero-order valence-electron chi connectivity index (χ0n) is 16.9. The van der Waals surface area contributed by atoms with Gasteiger partial charge in [0.05, 0.1) is 18.4 Å². The number of hydrogen-bond acceptors (Lipinski definition) is 5. The van der Waals surface area contributed by atoms with Gasteiger partial charge in [0.15, 0.2) is 0 Å². The Morgan fingerprint density at radius 1 is 0.871 bits per heavy atom. The van der Waals surface area contributed by atoms with Crippen LogP contribution in [0.25, 0.3) is 0 Å². The number of pyridine rings is 1. The topological polar surface area (TPSA) is 109 Å². The van der Waals surface area contributed by atoms with Crippen LogP contribution in [0.4, 0.5) is 5.69 Å². The van der Waals surface area contributed by atoms with Crippen LogP contribution in [0.3, 0.4) is 0 Å². The maximum Gasteiger partial charge on any atom is 0.313 e. The molecule has 1 heterocycles. The molecule has 0 aliphatic heterocycles. The summed E-state index contributed by atoms with van der Waals surface area (Å²) < 4.78 is 5.28. The summed E-state index contributed by atoms with van der Waals surface area (Å²) in [7, 11) is 1.56. The molecule has 3 rings (SSSR count). The lowest BCUT2D eigenvalue weighted by Crippen LogP contribution is -2.35. The first-order valence-electron chi connectivity index (χ1n) is 9.55. The molecule has 0 radical (unpaired) electrons. The van der Waals surface area contributed by atoms with Crippen molar-refractivity contribution in [3.63, 3.8) is 0 Å². The minimum absolute atomic E-state index is 0.168. The highest BCUT2D eigenvalue weighted by molar-refractivity contribution is 6.40. The predicted molar refractivity (Wildman–Crippen MR) is 115 cm³/mol. The Balaban J connectivity index is 1.62. The van der Waals surface area contributed by atoms with Crippen LogP contribution in [-0.2, 0) is 22.7 Å². The molecule has 158 valence electrons. The van der Waals surface area contributed by atoms with Crippen molar-refractivity contribution in [3.8, 4) is 5.75 Å². The minimum atomic E-state index is -0.867. The molecule has 8 heteroatoms. The molecule has 2 aromatic carbocycles. The van der Waals surface area contributed by atoms with Crippen LogP contribution < -0.4 is 20.7 Å². The molecule has 8 nitrogen and oxygen atoms in total. The van der Waals surface area contributed by atoms with Crippen LogP contribution in [0.2, 0.25) is 0 Å². The van der Waals surface area contributed by atoms with E-state index in [0.717, 1.165) is 11.1 Å². The van der Waals surface area contributed by atoms with Crippen molar-refractivity contribution in [2.45, 2.75) is 13.1 Å². The molecule has 31 heavy (non-hydrogen) atoms. The van der Waals surface area contributed by atoms with E-state index in [9.17, 15) is 14.4 Å². The molecular weight excluding hydrogens is 396 g/mol. The lowest BCUT2D eigenvalue weighted by Gasteiger charge is -2.13. The van der Waals surface area contributed by atoms with Crippen LogP contribution in [-0.4, -0.2) is 29.8 Å². The first kappa shape index (κ1) is 21.5. The second-order valence-corrected chi connectivity index (χ2v) is 6.54. The Morgan fingerprint density at radius 2 is 1.65 bits per heavy atom. The molecule has 3 N–H and O–H groups in total. The Morgan fingerprint density at radius 3 is 2.42 bits per heavy atom. The number of ether oxygens (including phenoxy) is 1. The molecule has 0 fully saturated rings. The molecule has 0 atom stereocenters. The third-order valence-electron chi connectivity index (χ3n) is 4.43. The van der Waals surface area contributed by atoms with Crippen molar-refractivity contribution in [1.82, 2.24) is 15.6 Å². The number of anilines is 1.